The van der Waals surface area contributed by atoms with Crippen LogP contribution >= 0.6 is 0 Å². The maximum Gasteiger partial charge on any atom is 0.225 e. The summed E-state index contributed by atoms with van der Waals surface area (Å²) < 4.78 is 14.3. The van der Waals surface area contributed by atoms with Crippen molar-refractivity contribution in [2.75, 3.05) is 6.54 Å². The first-order valence-corrected chi connectivity index (χ1v) is 10.7. The van der Waals surface area contributed by atoms with E-state index in [1.54, 1.807) is 12.1 Å². The molecule has 0 saturated heterocycles. The smallest absolute Gasteiger partial charge is 0.225 e. The van der Waals surface area contributed by atoms with Gasteiger partial charge in [-0.15, -0.1) is 0 Å². The van der Waals surface area contributed by atoms with E-state index >= 15 is 0 Å². The van der Waals surface area contributed by atoms with E-state index in [9.17, 15) is 9.18 Å². The van der Waals surface area contributed by atoms with Crippen LogP contribution in [0.5, 0.6) is 0 Å². The molecule has 1 heterocycles. The Hall–Kier alpha value is -2.62. The van der Waals surface area contributed by atoms with Gasteiger partial charge in [-0.1, -0.05) is 63.1 Å². The fraction of sp³-hybridized carbons (Fsp3) is 0.400. The van der Waals surface area contributed by atoms with Crippen LogP contribution in [0.2, 0.25) is 0 Å². The number of fused-ring (bicyclic) bond motifs is 1. The van der Waals surface area contributed by atoms with Crippen LogP contribution in [0.4, 0.5) is 4.39 Å². The van der Waals surface area contributed by atoms with E-state index in [0.717, 1.165) is 37.6 Å². The van der Waals surface area contributed by atoms with Gasteiger partial charge in [-0.2, -0.15) is 0 Å². The summed E-state index contributed by atoms with van der Waals surface area (Å²) in [5.41, 5.74) is 2.86. The highest BCUT2D eigenvalue weighted by atomic mass is 19.1. The summed E-state index contributed by atoms with van der Waals surface area (Å²) in [4.78, 5) is 18.5. The molecule has 0 saturated carbocycles. The molecule has 2 aromatic carbocycles. The van der Waals surface area contributed by atoms with Crippen LogP contribution in [0, 0.1) is 11.7 Å². The first-order valence-electron chi connectivity index (χ1n) is 10.7. The monoisotopic (exact) mass is 394 g/mol. The molecule has 4 heteroatoms. The van der Waals surface area contributed by atoms with E-state index in [1.807, 2.05) is 29.3 Å². The number of carbonyl (C=O) groups is 1. The summed E-state index contributed by atoms with van der Waals surface area (Å²) in [5, 5.41) is 1.18. The second-order valence-electron chi connectivity index (χ2n) is 7.71. The Balaban J connectivity index is 1.79. The highest BCUT2D eigenvalue weighted by Gasteiger charge is 2.23. The number of halogens is 1. The predicted octanol–water partition coefficient (Wildman–Crippen LogP) is 6.09. The molecular weight excluding hydrogens is 363 g/mol. The molecule has 3 nitrogen and oxygen atoms in total. The molecule has 29 heavy (non-hydrogen) atoms. The molecule has 0 spiro atoms. The number of nitrogens with one attached hydrogen (secondary N) is 1. The van der Waals surface area contributed by atoms with Gasteiger partial charge in [0.25, 0.3) is 0 Å². The van der Waals surface area contributed by atoms with Crippen molar-refractivity contribution in [3.8, 4) is 0 Å². The number of aromatic nitrogens is 1. The van der Waals surface area contributed by atoms with Crippen LogP contribution in [0.25, 0.3) is 10.9 Å². The van der Waals surface area contributed by atoms with Gasteiger partial charge in [-0.25, -0.2) is 4.39 Å². The molecular formula is C25H31FN2O. The maximum absolute atomic E-state index is 14.3. The summed E-state index contributed by atoms with van der Waals surface area (Å²) in [6.45, 7) is 5.11. The van der Waals surface area contributed by atoms with Gasteiger partial charge in [0.1, 0.15) is 5.82 Å². The minimum atomic E-state index is -0.251. The van der Waals surface area contributed by atoms with Crippen molar-refractivity contribution in [1.82, 2.24) is 9.88 Å². The Morgan fingerprint density at radius 1 is 1.07 bits per heavy atom. The lowest BCUT2D eigenvalue weighted by Crippen LogP contribution is -2.37. The van der Waals surface area contributed by atoms with Gasteiger partial charge in [-0.3, -0.25) is 4.79 Å². The van der Waals surface area contributed by atoms with Gasteiger partial charge in [-0.05, 0) is 37.0 Å². The number of hydrogen-bond donors (Lipinski definition) is 1. The lowest BCUT2D eigenvalue weighted by molar-refractivity contribution is -0.136. The third-order valence-corrected chi connectivity index (χ3v) is 5.70. The van der Waals surface area contributed by atoms with E-state index in [0.29, 0.717) is 18.7 Å². The Morgan fingerprint density at radius 2 is 1.83 bits per heavy atom. The van der Waals surface area contributed by atoms with Crippen molar-refractivity contribution in [3.63, 3.8) is 0 Å². The topological polar surface area (TPSA) is 36.1 Å². The third-order valence-electron chi connectivity index (χ3n) is 5.70. The van der Waals surface area contributed by atoms with E-state index in [2.05, 4.69) is 31.0 Å². The van der Waals surface area contributed by atoms with Crippen LogP contribution in [-0.4, -0.2) is 22.3 Å². The molecule has 1 amide bonds. The fourth-order valence-electron chi connectivity index (χ4n) is 3.90. The zero-order chi connectivity index (χ0) is 20.6. The van der Waals surface area contributed by atoms with Crippen molar-refractivity contribution in [2.24, 2.45) is 5.92 Å². The average Bonchev–Trinajstić information content (AvgIpc) is 3.16. The first kappa shape index (κ1) is 21.1. The molecule has 0 radical (unpaired) electrons. The van der Waals surface area contributed by atoms with Crippen LogP contribution in [0.15, 0.2) is 54.7 Å². The Kier molecular flexibility index (Phi) is 7.45. The summed E-state index contributed by atoms with van der Waals surface area (Å²) in [6.07, 6.45) is 6.60. The van der Waals surface area contributed by atoms with Gasteiger partial charge >= 0.3 is 0 Å². The zero-order valence-electron chi connectivity index (χ0n) is 17.5. The second kappa shape index (κ2) is 10.2. The summed E-state index contributed by atoms with van der Waals surface area (Å²) >= 11 is 0. The molecule has 0 aliphatic heterocycles. The maximum atomic E-state index is 14.3. The molecule has 0 aliphatic carbocycles. The first-order chi connectivity index (χ1) is 14.1. The minimum absolute atomic E-state index is 0.00434. The SMILES string of the molecule is CCCCC(CC)C(=O)N(CCc1c[nH]c2ccccc12)Cc1ccccc1F. The second-order valence-corrected chi connectivity index (χ2v) is 7.71. The number of benzene rings is 2. The summed E-state index contributed by atoms with van der Waals surface area (Å²) in [6, 6.07) is 14.9. The standard InChI is InChI=1S/C25H31FN2O/c1-3-5-10-19(4-2)25(29)28(18-21-11-6-8-13-23(21)26)16-15-20-17-27-24-14-9-7-12-22(20)24/h6-9,11-14,17,19,27H,3-5,10,15-16,18H2,1-2H3. The Labute approximate surface area is 172 Å². The number of H-pyrrole nitrogens is 1. The Bertz CT molecular complexity index is 933. The quantitative estimate of drug-likeness (QED) is 0.443. The molecule has 0 aliphatic rings. The number of para-hydroxylation sites is 1. The van der Waals surface area contributed by atoms with Crippen molar-refractivity contribution in [1.29, 1.82) is 0 Å². The minimum Gasteiger partial charge on any atom is -0.361 e. The van der Waals surface area contributed by atoms with Crippen LogP contribution in [-0.2, 0) is 17.8 Å². The van der Waals surface area contributed by atoms with E-state index < -0.39 is 0 Å². The van der Waals surface area contributed by atoms with Crippen LogP contribution in [0.1, 0.15) is 50.7 Å². The van der Waals surface area contributed by atoms with E-state index in [4.69, 9.17) is 0 Å². The van der Waals surface area contributed by atoms with Gasteiger partial charge in [0, 0.05) is 41.7 Å². The number of nitrogens with zero attached hydrogens (tertiary/aromatic N) is 1. The highest BCUT2D eigenvalue weighted by Crippen LogP contribution is 2.22. The molecule has 0 fully saturated rings. The lowest BCUT2D eigenvalue weighted by Gasteiger charge is -2.27. The third kappa shape index (κ3) is 5.26. The number of rotatable bonds is 10. The average molecular weight is 395 g/mol. The Morgan fingerprint density at radius 3 is 2.59 bits per heavy atom. The normalized spacial score (nSPS) is 12.2. The van der Waals surface area contributed by atoms with Crippen molar-refractivity contribution in [2.45, 2.75) is 52.5 Å². The summed E-state index contributed by atoms with van der Waals surface area (Å²) in [7, 11) is 0. The highest BCUT2D eigenvalue weighted by molar-refractivity contribution is 5.83. The zero-order valence-corrected chi connectivity index (χ0v) is 17.5. The van der Waals surface area contributed by atoms with Crippen molar-refractivity contribution in [3.05, 3.63) is 71.7 Å². The molecule has 3 aromatic rings. The number of unbranched alkanes of at least 4 members (excludes halogenated alkanes) is 1. The summed E-state index contributed by atoms with van der Waals surface area (Å²) in [5.74, 6) is -0.104. The molecule has 1 N–H and O–H groups in total. The molecule has 1 unspecified atom stereocenters. The van der Waals surface area contributed by atoms with E-state index in [-0.39, 0.29) is 17.6 Å². The van der Waals surface area contributed by atoms with Crippen molar-refractivity contribution >= 4 is 16.8 Å². The largest absolute Gasteiger partial charge is 0.361 e. The lowest BCUT2D eigenvalue weighted by atomic mass is 9.97. The number of hydrogen-bond acceptors (Lipinski definition) is 1. The van der Waals surface area contributed by atoms with Gasteiger partial charge in [0.2, 0.25) is 5.91 Å². The van der Waals surface area contributed by atoms with Gasteiger partial charge in [0.15, 0.2) is 0 Å². The van der Waals surface area contributed by atoms with Crippen LogP contribution in [0.3, 0.4) is 0 Å². The molecule has 1 aromatic heterocycles. The molecule has 3 rings (SSSR count). The number of aromatic amines is 1. The van der Waals surface area contributed by atoms with Crippen molar-refractivity contribution < 1.29 is 9.18 Å². The van der Waals surface area contributed by atoms with E-state index in [1.165, 1.54) is 17.0 Å². The molecule has 154 valence electrons. The predicted molar refractivity (Wildman–Crippen MR) is 117 cm³/mol. The fourth-order valence-corrected chi connectivity index (χ4v) is 3.90. The van der Waals surface area contributed by atoms with Crippen LogP contribution < -0.4 is 0 Å². The van der Waals surface area contributed by atoms with Gasteiger partial charge < -0.3 is 9.88 Å². The van der Waals surface area contributed by atoms with Gasteiger partial charge in [0.05, 0.1) is 0 Å². The molecule has 1 atom stereocenters. The number of carbonyl (C=O) groups excluding carboxylic acids is 1. The molecule has 0 bridgehead atoms. The number of amides is 1.